The second-order valence-electron chi connectivity index (χ2n) is 4.15. The third-order valence-corrected chi connectivity index (χ3v) is 4.05. The fraction of sp³-hybridized carbons (Fsp3) is 0. The maximum atomic E-state index is 13.5. The van der Waals surface area contributed by atoms with Crippen molar-refractivity contribution in [3.63, 3.8) is 0 Å². The Morgan fingerprint density at radius 1 is 1.05 bits per heavy atom. The monoisotopic (exact) mass is 331 g/mol. The molecule has 0 aromatic heterocycles. The van der Waals surface area contributed by atoms with Crippen LogP contribution in [0.2, 0.25) is 0 Å². The highest BCUT2D eigenvalue weighted by Gasteiger charge is 2.24. The van der Waals surface area contributed by atoms with Gasteiger partial charge in [0.1, 0.15) is 27.9 Å². The Bertz CT molecular complexity index is 852. The predicted octanol–water partition coefficient (Wildman–Crippen LogP) is 2.60. The van der Waals surface area contributed by atoms with Crippen LogP contribution >= 0.6 is 0 Å². The number of halogens is 3. The van der Waals surface area contributed by atoms with E-state index in [1.807, 2.05) is 0 Å². The van der Waals surface area contributed by atoms with Crippen molar-refractivity contribution >= 4 is 21.7 Å². The van der Waals surface area contributed by atoms with E-state index in [-0.39, 0.29) is 0 Å². The van der Waals surface area contributed by atoms with Crippen LogP contribution in [0, 0.1) is 17.5 Å². The quantitative estimate of drug-likeness (QED) is 0.902. The lowest BCUT2D eigenvalue weighted by Crippen LogP contribution is -2.17. The molecule has 0 saturated carbocycles. The van der Waals surface area contributed by atoms with Crippen molar-refractivity contribution in [2.75, 3.05) is 4.72 Å². The largest absolute Gasteiger partial charge is 0.478 e. The van der Waals surface area contributed by atoms with E-state index in [0.717, 1.165) is 24.3 Å². The molecule has 0 aliphatic carbocycles. The number of carboxylic acids is 1. The van der Waals surface area contributed by atoms with Crippen LogP contribution in [0.15, 0.2) is 41.3 Å². The van der Waals surface area contributed by atoms with Crippen molar-refractivity contribution in [1.82, 2.24) is 0 Å². The van der Waals surface area contributed by atoms with E-state index in [2.05, 4.69) is 0 Å². The van der Waals surface area contributed by atoms with E-state index >= 15 is 0 Å². The van der Waals surface area contributed by atoms with Gasteiger partial charge in [0.05, 0.1) is 5.69 Å². The van der Waals surface area contributed by atoms with E-state index in [4.69, 9.17) is 5.11 Å². The first-order chi connectivity index (χ1) is 10.2. The first kappa shape index (κ1) is 15.8. The third-order valence-electron chi connectivity index (χ3n) is 2.66. The standard InChI is InChI=1S/C13H8F3NO4S/c14-7-4-5-11(9(16)6-7)22(20,21)17-10-3-1-2-8(15)12(10)13(18)19/h1-6,17H,(H,18,19). The van der Waals surface area contributed by atoms with Crippen LogP contribution in [-0.2, 0) is 10.0 Å². The van der Waals surface area contributed by atoms with Gasteiger partial charge in [0.25, 0.3) is 10.0 Å². The molecule has 0 radical (unpaired) electrons. The molecule has 2 rings (SSSR count). The Morgan fingerprint density at radius 2 is 1.73 bits per heavy atom. The molecule has 22 heavy (non-hydrogen) atoms. The molecule has 0 aliphatic rings. The Kier molecular flexibility index (Phi) is 4.09. The van der Waals surface area contributed by atoms with Crippen molar-refractivity contribution in [1.29, 1.82) is 0 Å². The van der Waals surface area contributed by atoms with Crippen LogP contribution < -0.4 is 4.72 Å². The van der Waals surface area contributed by atoms with Crippen molar-refractivity contribution in [3.8, 4) is 0 Å². The minimum Gasteiger partial charge on any atom is -0.478 e. The van der Waals surface area contributed by atoms with Gasteiger partial charge in [-0.25, -0.2) is 26.4 Å². The minimum atomic E-state index is -4.56. The second-order valence-corrected chi connectivity index (χ2v) is 5.80. The highest BCUT2D eigenvalue weighted by molar-refractivity contribution is 7.92. The van der Waals surface area contributed by atoms with E-state index in [1.165, 1.54) is 0 Å². The molecule has 116 valence electrons. The molecular weight excluding hydrogens is 323 g/mol. The summed E-state index contributed by atoms with van der Waals surface area (Å²) in [7, 11) is -4.56. The Labute approximate surface area is 123 Å². The summed E-state index contributed by atoms with van der Waals surface area (Å²) in [6.45, 7) is 0. The molecular formula is C13H8F3NO4S. The molecule has 0 unspecified atom stereocenters. The summed E-state index contributed by atoms with van der Waals surface area (Å²) < 4.78 is 65.6. The van der Waals surface area contributed by atoms with E-state index in [0.29, 0.717) is 12.1 Å². The van der Waals surface area contributed by atoms with Crippen LogP contribution in [-0.4, -0.2) is 19.5 Å². The van der Waals surface area contributed by atoms with Gasteiger partial charge in [0, 0.05) is 6.07 Å². The Hall–Kier alpha value is -2.55. The average molecular weight is 331 g/mol. The van der Waals surface area contributed by atoms with Crippen LogP contribution in [0.3, 0.4) is 0 Å². The highest BCUT2D eigenvalue weighted by Crippen LogP contribution is 2.24. The minimum absolute atomic E-state index is 0.359. The van der Waals surface area contributed by atoms with Crippen LogP contribution in [0.5, 0.6) is 0 Å². The van der Waals surface area contributed by atoms with Crippen molar-refractivity contribution < 1.29 is 31.5 Å². The van der Waals surface area contributed by atoms with E-state index in [9.17, 15) is 26.4 Å². The van der Waals surface area contributed by atoms with Gasteiger partial charge in [-0.2, -0.15) is 0 Å². The van der Waals surface area contributed by atoms with E-state index in [1.54, 1.807) is 4.72 Å². The highest BCUT2D eigenvalue weighted by atomic mass is 32.2. The van der Waals surface area contributed by atoms with Crippen molar-refractivity contribution in [3.05, 3.63) is 59.4 Å². The summed E-state index contributed by atoms with van der Waals surface area (Å²) in [4.78, 5) is 10.1. The number of carboxylic acid groups (broad SMARTS) is 1. The molecule has 0 heterocycles. The van der Waals surface area contributed by atoms with Gasteiger partial charge in [-0.05, 0) is 24.3 Å². The van der Waals surface area contributed by atoms with Gasteiger partial charge in [0.15, 0.2) is 0 Å². The number of nitrogens with one attached hydrogen (secondary N) is 1. The van der Waals surface area contributed by atoms with Crippen LogP contribution in [0.25, 0.3) is 0 Å². The molecule has 0 saturated heterocycles. The summed E-state index contributed by atoms with van der Waals surface area (Å²) in [6.07, 6.45) is 0. The number of carbonyl (C=O) groups is 1. The molecule has 0 atom stereocenters. The zero-order valence-corrected chi connectivity index (χ0v) is 11.5. The average Bonchev–Trinajstić information content (AvgIpc) is 2.36. The van der Waals surface area contributed by atoms with Gasteiger partial charge in [0.2, 0.25) is 0 Å². The van der Waals surface area contributed by atoms with Crippen molar-refractivity contribution in [2.24, 2.45) is 0 Å². The second kappa shape index (κ2) is 5.68. The zero-order valence-electron chi connectivity index (χ0n) is 10.7. The fourth-order valence-electron chi connectivity index (χ4n) is 1.72. The number of hydrogen-bond acceptors (Lipinski definition) is 3. The van der Waals surface area contributed by atoms with Gasteiger partial charge in [-0.1, -0.05) is 6.07 Å². The maximum Gasteiger partial charge on any atom is 0.340 e. The first-order valence-electron chi connectivity index (χ1n) is 5.72. The normalized spacial score (nSPS) is 11.2. The third kappa shape index (κ3) is 3.03. The lowest BCUT2D eigenvalue weighted by molar-refractivity contribution is 0.0693. The number of anilines is 1. The molecule has 2 aromatic rings. The van der Waals surface area contributed by atoms with Crippen LogP contribution in [0.4, 0.5) is 18.9 Å². The molecule has 0 aliphatic heterocycles. The lowest BCUT2D eigenvalue weighted by atomic mass is 10.2. The molecule has 9 heteroatoms. The van der Waals surface area contributed by atoms with Crippen LogP contribution in [0.1, 0.15) is 10.4 Å². The molecule has 0 bridgehead atoms. The summed E-state index contributed by atoms with van der Waals surface area (Å²) in [6, 6.07) is 4.68. The van der Waals surface area contributed by atoms with Gasteiger partial charge >= 0.3 is 5.97 Å². The molecule has 2 aromatic carbocycles. The maximum absolute atomic E-state index is 13.5. The molecule has 5 nitrogen and oxygen atoms in total. The van der Waals surface area contributed by atoms with Gasteiger partial charge in [-0.3, -0.25) is 4.72 Å². The molecule has 0 amide bonds. The van der Waals surface area contributed by atoms with E-state index < -0.39 is 49.6 Å². The first-order valence-corrected chi connectivity index (χ1v) is 7.20. The topological polar surface area (TPSA) is 83.5 Å². The molecule has 0 fully saturated rings. The Morgan fingerprint density at radius 3 is 2.32 bits per heavy atom. The fourth-order valence-corrected chi connectivity index (χ4v) is 2.85. The summed E-state index contributed by atoms with van der Waals surface area (Å²) >= 11 is 0. The summed E-state index contributed by atoms with van der Waals surface area (Å²) in [5, 5.41) is 8.91. The summed E-state index contributed by atoms with van der Waals surface area (Å²) in [5.41, 5.74) is -1.48. The zero-order chi connectivity index (χ0) is 16.5. The number of benzene rings is 2. The molecule has 2 N–H and O–H groups in total. The number of hydrogen-bond donors (Lipinski definition) is 2. The smallest absolute Gasteiger partial charge is 0.340 e. The Balaban J connectivity index is 2.50. The number of rotatable bonds is 4. The molecule has 0 spiro atoms. The summed E-state index contributed by atoms with van der Waals surface area (Å²) in [5.74, 6) is -5.20. The van der Waals surface area contributed by atoms with Crippen molar-refractivity contribution in [2.45, 2.75) is 4.90 Å². The predicted molar refractivity (Wildman–Crippen MR) is 70.5 cm³/mol. The van der Waals surface area contributed by atoms with Gasteiger partial charge in [-0.15, -0.1) is 0 Å². The lowest BCUT2D eigenvalue weighted by Gasteiger charge is -2.11. The van der Waals surface area contributed by atoms with Gasteiger partial charge < -0.3 is 5.11 Å². The number of sulfonamides is 1. The SMILES string of the molecule is O=C(O)c1c(F)cccc1NS(=O)(=O)c1ccc(F)cc1F. The number of aromatic carboxylic acids is 1.